The lowest BCUT2D eigenvalue weighted by molar-refractivity contribution is 0.305. The predicted octanol–water partition coefficient (Wildman–Crippen LogP) is 8.49. The van der Waals surface area contributed by atoms with E-state index in [1.54, 1.807) is 0 Å². The van der Waals surface area contributed by atoms with Crippen LogP contribution in [0.5, 0.6) is 11.5 Å². The van der Waals surface area contributed by atoms with Crippen LogP contribution in [0.3, 0.4) is 0 Å². The van der Waals surface area contributed by atoms with Gasteiger partial charge >= 0.3 is 0 Å². The number of benzene rings is 4. The Morgan fingerprint density at radius 1 is 0.625 bits per heavy atom. The summed E-state index contributed by atoms with van der Waals surface area (Å²) in [4.78, 5) is 3.86. The van der Waals surface area contributed by atoms with Crippen LogP contribution in [-0.4, -0.2) is 5.11 Å². The first kappa shape index (κ1) is 24.9. The molecule has 0 aliphatic rings. The molecule has 0 saturated carbocycles. The number of phenols is 1. The fraction of sp³-hybridized carbons (Fsp3) is 0.0400. The van der Waals surface area contributed by atoms with Gasteiger partial charge in [0, 0.05) is 7.14 Å². The molecule has 0 spiro atoms. The van der Waals surface area contributed by atoms with Crippen molar-refractivity contribution in [1.29, 1.82) is 0 Å². The summed E-state index contributed by atoms with van der Waals surface area (Å²) in [7, 11) is -0.180. The van der Waals surface area contributed by atoms with E-state index in [0.29, 0.717) is 12.4 Å². The van der Waals surface area contributed by atoms with Gasteiger partial charge in [-0.3, -0.25) is 0 Å². The summed E-state index contributed by atoms with van der Waals surface area (Å²) in [6.45, 7) is 0.464. The van der Waals surface area contributed by atoms with Crippen molar-refractivity contribution in [3.63, 3.8) is 0 Å². The van der Waals surface area contributed by atoms with E-state index in [1.807, 2.05) is 24.3 Å². The highest BCUT2D eigenvalue weighted by molar-refractivity contribution is 14.1. The van der Waals surface area contributed by atoms with Crippen molar-refractivity contribution in [3.05, 3.63) is 105 Å². The molecule has 0 heterocycles. The first-order valence-electron chi connectivity index (χ1n) is 9.56. The van der Waals surface area contributed by atoms with Gasteiger partial charge in [0.25, 0.3) is 0 Å². The number of hydrogen-bond donors (Lipinski definition) is 1. The Hall–Kier alpha value is -0.250. The third kappa shape index (κ3) is 6.25. The summed E-state index contributed by atoms with van der Waals surface area (Å²) in [6.07, 6.45) is 0. The molecular weight excluding hydrogens is 872 g/mol. The summed E-state index contributed by atoms with van der Waals surface area (Å²) < 4.78 is 10.2. The Bertz CT molecular complexity index is 1140. The summed E-state index contributed by atoms with van der Waals surface area (Å²) in [5, 5.41) is 9.96. The van der Waals surface area contributed by atoms with Crippen LogP contribution in [0.2, 0.25) is 0 Å². The molecule has 4 aromatic rings. The van der Waals surface area contributed by atoms with E-state index >= 15 is 0 Å². The molecule has 2 nitrogen and oxygen atoms in total. The lowest BCUT2D eigenvalue weighted by Crippen LogP contribution is -2.05. The summed E-state index contributed by atoms with van der Waals surface area (Å²) in [6, 6.07) is 29.9. The van der Waals surface area contributed by atoms with Gasteiger partial charge in [-0.1, -0.05) is 0 Å². The van der Waals surface area contributed by atoms with Crippen molar-refractivity contribution < 1.29 is 9.84 Å². The Balaban J connectivity index is 1.58. The maximum absolute atomic E-state index is 9.96. The molecular formula is C25H17I4O2S+. The zero-order valence-corrected chi connectivity index (χ0v) is 26.0. The molecule has 4 aromatic carbocycles. The average Bonchev–Trinajstić information content (AvgIpc) is 2.79. The zero-order chi connectivity index (χ0) is 22.7. The maximum atomic E-state index is 9.96. The predicted molar refractivity (Wildman–Crippen MR) is 165 cm³/mol. The molecule has 0 fully saturated rings. The van der Waals surface area contributed by atoms with Crippen LogP contribution in [0.4, 0.5) is 0 Å². The maximum Gasteiger partial charge on any atom is 0.166 e. The van der Waals surface area contributed by atoms with Crippen molar-refractivity contribution in [3.8, 4) is 11.5 Å². The van der Waals surface area contributed by atoms with Gasteiger partial charge in [-0.15, -0.1) is 0 Å². The van der Waals surface area contributed by atoms with E-state index in [9.17, 15) is 5.11 Å². The van der Waals surface area contributed by atoms with Crippen molar-refractivity contribution >= 4 is 101 Å². The smallest absolute Gasteiger partial charge is 0.166 e. The molecule has 0 amide bonds. The SMILES string of the molecule is Oc1c(I)cc(COc2ccc([S+](c3ccc(I)cc3)c3ccc(I)cc3)cc2)cc1I. The minimum atomic E-state index is -0.180. The summed E-state index contributed by atoms with van der Waals surface area (Å²) >= 11 is 8.99. The molecule has 4 rings (SSSR count). The highest BCUT2D eigenvalue weighted by Gasteiger charge is 2.28. The van der Waals surface area contributed by atoms with E-state index < -0.39 is 0 Å². The molecule has 0 aromatic heterocycles. The lowest BCUT2D eigenvalue weighted by Gasteiger charge is -2.11. The number of rotatable bonds is 6. The van der Waals surface area contributed by atoms with Gasteiger partial charge < -0.3 is 9.84 Å². The standard InChI is InChI=1S/C25H16I4O2S/c26-17-1-7-20(8-2-17)32(21-9-3-18(27)4-10-21)22-11-5-19(6-12-22)31-15-16-13-23(28)25(30)24(29)14-16/h1-14H,15H2/p+1. The van der Waals surface area contributed by atoms with Gasteiger partial charge in [-0.05, 0) is 181 Å². The van der Waals surface area contributed by atoms with Crippen LogP contribution in [0.25, 0.3) is 0 Å². The van der Waals surface area contributed by atoms with E-state index in [4.69, 9.17) is 4.74 Å². The number of hydrogen-bond acceptors (Lipinski definition) is 2. The highest BCUT2D eigenvalue weighted by atomic mass is 127. The number of ether oxygens (including phenoxy) is 1. The molecule has 0 atom stereocenters. The Kier molecular flexibility index (Phi) is 8.90. The van der Waals surface area contributed by atoms with E-state index in [-0.39, 0.29) is 10.9 Å². The molecule has 0 saturated heterocycles. The Morgan fingerprint density at radius 3 is 1.47 bits per heavy atom. The second kappa shape index (κ2) is 11.5. The van der Waals surface area contributed by atoms with Crippen LogP contribution < -0.4 is 4.74 Å². The second-order valence-electron chi connectivity index (χ2n) is 6.88. The Morgan fingerprint density at radius 2 is 1.03 bits per heavy atom. The zero-order valence-electron chi connectivity index (χ0n) is 16.6. The third-order valence-electron chi connectivity index (χ3n) is 4.64. The fourth-order valence-electron chi connectivity index (χ4n) is 3.09. The minimum absolute atomic E-state index is 0.180. The second-order valence-corrected chi connectivity index (χ2v) is 13.7. The largest absolute Gasteiger partial charge is 0.506 e. The van der Waals surface area contributed by atoms with Gasteiger partial charge in [0.2, 0.25) is 0 Å². The van der Waals surface area contributed by atoms with Crippen molar-refractivity contribution in [1.82, 2.24) is 0 Å². The van der Waals surface area contributed by atoms with Crippen LogP contribution in [0, 0.1) is 14.3 Å². The van der Waals surface area contributed by atoms with Gasteiger partial charge in [0.15, 0.2) is 14.7 Å². The van der Waals surface area contributed by atoms with Gasteiger partial charge in [-0.2, -0.15) is 0 Å². The molecule has 7 heteroatoms. The number of halogens is 4. The van der Waals surface area contributed by atoms with Crippen molar-refractivity contribution in [2.45, 2.75) is 21.3 Å². The molecule has 0 unspecified atom stereocenters. The minimum Gasteiger partial charge on any atom is -0.506 e. The molecule has 32 heavy (non-hydrogen) atoms. The van der Waals surface area contributed by atoms with E-state index in [1.165, 1.54) is 21.8 Å². The van der Waals surface area contributed by atoms with E-state index in [2.05, 4.69) is 151 Å². The van der Waals surface area contributed by atoms with Crippen LogP contribution >= 0.6 is 90.4 Å². The fourth-order valence-corrected chi connectivity index (χ4v) is 7.75. The molecule has 0 bridgehead atoms. The molecule has 162 valence electrons. The normalized spacial score (nSPS) is 11.0. The summed E-state index contributed by atoms with van der Waals surface area (Å²) in [5.74, 6) is 1.16. The van der Waals surface area contributed by atoms with Gasteiger partial charge in [-0.25, -0.2) is 0 Å². The first-order valence-corrected chi connectivity index (χ1v) is 15.1. The number of phenolic OH excluding ortho intramolecular Hbond substituents is 1. The third-order valence-corrected chi connectivity index (χ3v) is 9.95. The van der Waals surface area contributed by atoms with Crippen molar-refractivity contribution in [2.24, 2.45) is 0 Å². The van der Waals surface area contributed by atoms with Crippen LogP contribution in [0.1, 0.15) is 5.56 Å². The summed E-state index contributed by atoms with van der Waals surface area (Å²) in [5.41, 5.74) is 1.04. The molecule has 1 N–H and O–H groups in total. The molecule has 0 aliphatic heterocycles. The van der Waals surface area contributed by atoms with Crippen molar-refractivity contribution in [2.75, 3.05) is 0 Å². The first-order chi connectivity index (χ1) is 15.4. The van der Waals surface area contributed by atoms with Gasteiger partial charge in [0.1, 0.15) is 18.1 Å². The highest BCUT2D eigenvalue weighted by Crippen LogP contribution is 2.33. The number of aromatic hydroxyl groups is 1. The van der Waals surface area contributed by atoms with Gasteiger partial charge in [0.05, 0.1) is 18.0 Å². The monoisotopic (exact) mass is 889 g/mol. The quantitative estimate of drug-likeness (QED) is 0.156. The molecule has 0 radical (unpaired) electrons. The average molecular weight is 889 g/mol. The van der Waals surface area contributed by atoms with Crippen LogP contribution in [0.15, 0.2) is 99.6 Å². The lowest BCUT2D eigenvalue weighted by atomic mass is 10.2. The Labute approximate surface area is 245 Å². The van der Waals surface area contributed by atoms with E-state index in [0.717, 1.165) is 18.5 Å². The topological polar surface area (TPSA) is 29.5 Å². The molecule has 0 aliphatic carbocycles. The van der Waals surface area contributed by atoms with Crippen LogP contribution in [-0.2, 0) is 17.5 Å².